The van der Waals surface area contributed by atoms with Crippen LogP contribution in [0.4, 0.5) is 0 Å². The highest BCUT2D eigenvalue weighted by Crippen LogP contribution is 2.53. The molecule has 1 fully saturated rings. The third-order valence-electron chi connectivity index (χ3n) is 5.21. The van der Waals surface area contributed by atoms with E-state index in [-0.39, 0.29) is 11.3 Å². The molecule has 140 valence electrons. The second-order valence-electron chi connectivity index (χ2n) is 7.49. The fraction of sp³-hybridized carbons (Fsp3) is 0.316. The maximum absolute atomic E-state index is 10.5. The SMILES string of the molecule is CC(C)(O)c1cccn2c(C3(c4ccc(Cl)c(/C(N)=N/N)c4)CC3)nnc12. The summed E-state index contributed by atoms with van der Waals surface area (Å²) in [7, 11) is 0. The number of hydrogen-bond acceptors (Lipinski definition) is 5. The van der Waals surface area contributed by atoms with Crippen LogP contribution in [-0.2, 0) is 11.0 Å². The maximum Gasteiger partial charge on any atom is 0.166 e. The van der Waals surface area contributed by atoms with Crippen LogP contribution in [-0.4, -0.2) is 25.5 Å². The van der Waals surface area contributed by atoms with E-state index in [0.717, 1.165) is 29.8 Å². The third kappa shape index (κ3) is 2.74. The minimum absolute atomic E-state index is 0.188. The maximum atomic E-state index is 10.5. The molecule has 0 amide bonds. The summed E-state index contributed by atoms with van der Waals surface area (Å²) in [5, 5.41) is 23.4. The monoisotopic (exact) mass is 384 g/mol. The second kappa shape index (κ2) is 5.94. The Bertz CT molecular complexity index is 1060. The van der Waals surface area contributed by atoms with Crippen molar-refractivity contribution < 1.29 is 5.11 Å². The minimum Gasteiger partial charge on any atom is -0.386 e. The van der Waals surface area contributed by atoms with Gasteiger partial charge in [0.1, 0.15) is 5.82 Å². The molecular formula is C19H21ClN6O. The minimum atomic E-state index is -1.01. The largest absolute Gasteiger partial charge is 0.386 e. The van der Waals surface area contributed by atoms with E-state index >= 15 is 0 Å². The lowest BCUT2D eigenvalue weighted by Gasteiger charge is -2.19. The zero-order chi connectivity index (χ0) is 19.4. The number of hydrazone groups is 1. The predicted molar refractivity (Wildman–Crippen MR) is 105 cm³/mol. The van der Waals surface area contributed by atoms with Gasteiger partial charge in [0.15, 0.2) is 11.5 Å². The average molecular weight is 385 g/mol. The molecule has 27 heavy (non-hydrogen) atoms. The first-order valence-corrected chi connectivity index (χ1v) is 9.06. The molecule has 1 aromatic carbocycles. The smallest absolute Gasteiger partial charge is 0.166 e. The van der Waals surface area contributed by atoms with Gasteiger partial charge in [-0.2, -0.15) is 5.10 Å². The topological polar surface area (TPSA) is 115 Å². The van der Waals surface area contributed by atoms with Gasteiger partial charge in [0, 0.05) is 17.3 Å². The van der Waals surface area contributed by atoms with Gasteiger partial charge < -0.3 is 16.7 Å². The number of rotatable bonds is 4. The number of benzene rings is 1. The van der Waals surface area contributed by atoms with Crippen molar-refractivity contribution in [2.24, 2.45) is 16.7 Å². The summed E-state index contributed by atoms with van der Waals surface area (Å²) in [6, 6.07) is 9.46. The summed E-state index contributed by atoms with van der Waals surface area (Å²) in [6.07, 6.45) is 3.79. The van der Waals surface area contributed by atoms with Crippen molar-refractivity contribution in [3.05, 3.63) is 64.1 Å². The van der Waals surface area contributed by atoms with E-state index in [1.165, 1.54) is 0 Å². The Labute approximate surface area is 161 Å². The van der Waals surface area contributed by atoms with Gasteiger partial charge in [-0.3, -0.25) is 4.40 Å². The average Bonchev–Trinajstić information content (AvgIpc) is 3.32. The van der Waals surface area contributed by atoms with Gasteiger partial charge in [-0.1, -0.05) is 23.7 Å². The van der Waals surface area contributed by atoms with Crippen LogP contribution in [0, 0.1) is 0 Å². The molecule has 4 rings (SSSR count). The van der Waals surface area contributed by atoms with Gasteiger partial charge in [0.25, 0.3) is 0 Å². The molecule has 1 aliphatic carbocycles. The fourth-order valence-electron chi connectivity index (χ4n) is 3.58. The van der Waals surface area contributed by atoms with Gasteiger partial charge in [-0.05, 0) is 50.5 Å². The van der Waals surface area contributed by atoms with Crippen molar-refractivity contribution in [3.63, 3.8) is 0 Å². The van der Waals surface area contributed by atoms with Crippen LogP contribution in [0.2, 0.25) is 5.02 Å². The van der Waals surface area contributed by atoms with E-state index in [2.05, 4.69) is 15.3 Å². The molecule has 0 aliphatic heterocycles. The van der Waals surface area contributed by atoms with Crippen LogP contribution in [0.1, 0.15) is 49.2 Å². The normalized spacial score (nSPS) is 16.7. The molecule has 0 atom stereocenters. The molecule has 0 bridgehead atoms. The fourth-order valence-corrected chi connectivity index (χ4v) is 3.79. The number of halogens is 1. The second-order valence-corrected chi connectivity index (χ2v) is 7.90. The number of pyridine rings is 1. The number of aromatic nitrogens is 3. The molecule has 0 spiro atoms. The van der Waals surface area contributed by atoms with Crippen LogP contribution in [0.3, 0.4) is 0 Å². The van der Waals surface area contributed by atoms with Gasteiger partial charge in [0.05, 0.1) is 16.0 Å². The highest BCUT2D eigenvalue weighted by molar-refractivity contribution is 6.34. The molecule has 5 N–H and O–H groups in total. The van der Waals surface area contributed by atoms with E-state index in [4.69, 9.17) is 23.2 Å². The van der Waals surface area contributed by atoms with Crippen molar-refractivity contribution in [2.45, 2.75) is 37.7 Å². The lowest BCUT2D eigenvalue weighted by molar-refractivity contribution is 0.0796. The standard InChI is InChI=1S/C19H21ClN6O/c1-18(2,27)13-4-3-9-26-16(13)24-25-17(26)19(7-8-19)11-5-6-14(20)12(10-11)15(21)23-22/h3-6,9-10,27H,7-8,22H2,1-2H3,(H2,21,23). The molecule has 2 heterocycles. The zero-order valence-corrected chi connectivity index (χ0v) is 15.9. The van der Waals surface area contributed by atoms with E-state index in [0.29, 0.717) is 16.2 Å². The van der Waals surface area contributed by atoms with Gasteiger partial charge in [-0.15, -0.1) is 10.2 Å². The molecule has 3 aromatic rings. The summed E-state index contributed by atoms with van der Waals surface area (Å²) >= 11 is 6.25. The Morgan fingerprint density at radius 1 is 1.30 bits per heavy atom. The Hall–Kier alpha value is -2.64. The van der Waals surface area contributed by atoms with E-state index in [9.17, 15) is 5.11 Å². The van der Waals surface area contributed by atoms with Crippen LogP contribution in [0.15, 0.2) is 41.6 Å². The van der Waals surface area contributed by atoms with E-state index < -0.39 is 5.60 Å². The van der Waals surface area contributed by atoms with Crippen LogP contribution < -0.4 is 11.6 Å². The number of nitrogens with zero attached hydrogens (tertiary/aromatic N) is 4. The molecular weight excluding hydrogens is 364 g/mol. The summed E-state index contributed by atoms with van der Waals surface area (Å²) in [5.74, 6) is 6.35. The number of amidine groups is 1. The highest BCUT2D eigenvalue weighted by atomic mass is 35.5. The van der Waals surface area contributed by atoms with Crippen molar-refractivity contribution in [1.82, 2.24) is 14.6 Å². The van der Waals surface area contributed by atoms with Gasteiger partial charge in [-0.25, -0.2) is 0 Å². The van der Waals surface area contributed by atoms with Gasteiger partial charge in [0.2, 0.25) is 0 Å². The molecule has 1 saturated carbocycles. The lowest BCUT2D eigenvalue weighted by atomic mass is 9.93. The predicted octanol–water partition coefficient (Wildman–Crippen LogP) is 2.27. The Kier molecular flexibility index (Phi) is 3.90. The first-order valence-electron chi connectivity index (χ1n) is 8.69. The van der Waals surface area contributed by atoms with Crippen molar-refractivity contribution in [1.29, 1.82) is 0 Å². The Balaban J connectivity index is 1.88. The number of nitrogens with two attached hydrogens (primary N) is 2. The lowest BCUT2D eigenvalue weighted by Crippen LogP contribution is -2.19. The molecule has 0 radical (unpaired) electrons. The quantitative estimate of drug-likeness (QED) is 0.276. The van der Waals surface area contributed by atoms with Gasteiger partial charge >= 0.3 is 0 Å². The number of hydrogen-bond donors (Lipinski definition) is 3. The molecule has 1 aliphatic rings. The van der Waals surface area contributed by atoms with Crippen LogP contribution >= 0.6 is 11.6 Å². The Morgan fingerprint density at radius 3 is 2.67 bits per heavy atom. The molecule has 8 heteroatoms. The number of fused-ring (bicyclic) bond motifs is 1. The molecule has 0 saturated heterocycles. The third-order valence-corrected chi connectivity index (χ3v) is 5.54. The molecule has 2 aromatic heterocycles. The number of aliphatic hydroxyl groups is 1. The molecule has 0 unspecified atom stereocenters. The van der Waals surface area contributed by atoms with Crippen LogP contribution in [0.25, 0.3) is 5.65 Å². The van der Waals surface area contributed by atoms with E-state index in [1.807, 2.05) is 34.9 Å². The van der Waals surface area contributed by atoms with Crippen molar-refractivity contribution in [3.8, 4) is 0 Å². The molecule has 7 nitrogen and oxygen atoms in total. The summed E-state index contributed by atoms with van der Waals surface area (Å²) < 4.78 is 1.95. The highest BCUT2D eigenvalue weighted by Gasteiger charge is 2.50. The first-order chi connectivity index (χ1) is 12.8. The summed E-state index contributed by atoms with van der Waals surface area (Å²) in [4.78, 5) is 0. The van der Waals surface area contributed by atoms with Crippen LogP contribution in [0.5, 0.6) is 0 Å². The van der Waals surface area contributed by atoms with Crippen molar-refractivity contribution >= 4 is 23.1 Å². The van der Waals surface area contributed by atoms with E-state index in [1.54, 1.807) is 19.9 Å². The van der Waals surface area contributed by atoms with Crippen molar-refractivity contribution in [2.75, 3.05) is 0 Å². The Morgan fingerprint density at radius 2 is 2.04 bits per heavy atom. The summed E-state index contributed by atoms with van der Waals surface area (Å²) in [5.41, 5.74) is 7.63. The first kappa shape index (κ1) is 17.8. The summed E-state index contributed by atoms with van der Waals surface area (Å²) in [6.45, 7) is 3.48. The zero-order valence-electron chi connectivity index (χ0n) is 15.1.